The standard InChI is InChI=1S/C23H24NO5.2Na/c1-3-23(2)16-7-4-5-8-17(16)24-12-11-19-15(21(23)24)13-14(22(28)29-19)18(25)9-6-10-20(26)27;;/h5,7-8,13,19H,3,6,9-12H2,1-2H3,(H,26,27);;/q-1;2*+1/p-1. The van der Waals surface area contributed by atoms with Gasteiger partial charge in [-0.15, -0.1) is 11.6 Å². The van der Waals surface area contributed by atoms with Gasteiger partial charge in [0.05, 0.1) is 0 Å². The quantitative estimate of drug-likeness (QED) is 0.194. The van der Waals surface area contributed by atoms with Crippen LogP contribution in [0.25, 0.3) is 0 Å². The molecule has 8 heteroatoms. The Morgan fingerprint density at radius 1 is 1.32 bits per heavy atom. The molecule has 3 aliphatic heterocycles. The number of anilines is 1. The smallest absolute Gasteiger partial charge is 0.550 e. The Morgan fingerprint density at radius 3 is 2.74 bits per heavy atom. The van der Waals surface area contributed by atoms with Crippen molar-refractivity contribution < 1.29 is 83.3 Å². The fourth-order valence-corrected chi connectivity index (χ4v) is 4.68. The molecule has 4 rings (SSSR count). The molecular formula is C23H23NNa2O5. The van der Waals surface area contributed by atoms with Gasteiger partial charge in [-0.2, -0.15) is 18.2 Å². The van der Waals surface area contributed by atoms with Crippen LogP contribution in [0, 0.1) is 6.07 Å². The summed E-state index contributed by atoms with van der Waals surface area (Å²) in [4.78, 5) is 37.9. The monoisotopic (exact) mass is 439 g/mol. The molecule has 0 N–H and O–H groups in total. The number of benzene rings is 1. The molecule has 3 aliphatic rings. The van der Waals surface area contributed by atoms with Gasteiger partial charge in [-0.25, -0.2) is 4.79 Å². The van der Waals surface area contributed by atoms with E-state index in [2.05, 4.69) is 30.9 Å². The van der Waals surface area contributed by atoms with Crippen LogP contribution in [0.2, 0.25) is 0 Å². The fraction of sp³-hybridized carbons (Fsp3) is 0.435. The van der Waals surface area contributed by atoms with Crippen LogP contribution in [0.15, 0.2) is 41.1 Å². The summed E-state index contributed by atoms with van der Waals surface area (Å²) in [6.07, 6.45) is 2.74. The molecule has 0 saturated carbocycles. The van der Waals surface area contributed by atoms with Crippen molar-refractivity contribution in [1.29, 1.82) is 0 Å². The van der Waals surface area contributed by atoms with Crippen molar-refractivity contribution >= 4 is 23.4 Å². The Labute approximate surface area is 226 Å². The van der Waals surface area contributed by atoms with Gasteiger partial charge >= 0.3 is 65.1 Å². The summed E-state index contributed by atoms with van der Waals surface area (Å²) in [5.74, 6) is -2.21. The molecule has 2 unspecified atom stereocenters. The predicted octanol–water partition coefficient (Wildman–Crippen LogP) is -4.02. The van der Waals surface area contributed by atoms with Crippen LogP contribution in [-0.2, 0) is 24.5 Å². The summed E-state index contributed by atoms with van der Waals surface area (Å²) in [6.45, 7) is 5.05. The SMILES string of the molecule is CCC1(C)C2=C3C=C(C(=O)CCCC(=O)[O-])C(=O)OC3CCN2c2cc[c-]cc21.[Na+].[Na+]. The number of carboxylic acid groups (broad SMARTS) is 1. The van der Waals surface area contributed by atoms with E-state index in [0.29, 0.717) is 6.42 Å². The second kappa shape index (κ2) is 10.4. The van der Waals surface area contributed by atoms with Crippen molar-refractivity contribution in [3.8, 4) is 0 Å². The third kappa shape index (κ3) is 4.61. The van der Waals surface area contributed by atoms with Crippen LogP contribution < -0.4 is 69.1 Å². The predicted molar refractivity (Wildman–Crippen MR) is 104 cm³/mol. The summed E-state index contributed by atoms with van der Waals surface area (Å²) >= 11 is 0. The van der Waals surface area contributed by atoms with Gasteiger partial charge < -0.3 is 19.5 Å². The minimum atomic E-state index is -1.20. The molecule has 31 heavy (non-hydrogen) atoms. The summed E-state index contributed by atoms with van der Waals surface area (Å²) in [5.41, 5.74) is 4.03. The molecule has 0 saturated heterocycles. The maximum absolute atomic E-state index is 12.6. The van der Waals surface area contributed by atoms with Crippen LogP contribution in [0.4, 0.5) is 5.69 Å². The number of aliphatic carboxylic acids is 1. The minimum Gasteiger partial charge on any atom is -0.550 e. The van der Waals surface area contributed by atoms with Gasteiger partial charge in [0.1, 0.15) is 11.7 Å². The first kappa shape index (κ1) is 26.4. The average Bonchev–Trinajstić information content (AvgIpc) is 2.97. The molecule has 0 aliphatic carbocycles. The van der Waals surface area contributed by atoms with Crippen molar-refractivity contribution in [1.82, 2.24) is 0 Å². The first-order chi connectivity index (χ1) is 13.9. The van der Waals surface area contributed by atoms with Crippen LogP contribution >= 0.6 is 0 Å². The molecule has 0 amide bonds. The summed E-state index contributed by atoms with van der Waals surface area (Å²) in [6, 6.07) is 9.15. The maximum Gasteiger partial charge on any atom is 1.00 e. The molecule has 0 aromatic heterocycles. The zero-order chi connectivity index (χ0) is 20.8. The first-order valence-corrected chi connectivity index (χ1v) is 10.0. The fourth-order valence-electron chi connectivity index (χ4n) is 4.68. The van der Waals surface area contributed by atoms with Gasteiger partial charge in [0.25, 0.3) is 0 Å². The van der Waals surface area contributed by atoms with E-state index >= 15 is 0 Å². The minimum absolute atomic E-state index is 0. The molecule has 0 bridgehead atoms. The summed E-state index contributed by atoms with van der Waals surface area (Å²) in [5, 5.41) is 10.6. The van der Waals surface area contributed by atoms with Gasteiger partial charge in [-0.05, 0) is 24.3 Å². The molecule has 1 aromatic carbocycles. The molecule has 0 radical (unpaired) electrons. The number of carbonyl (C=O) groups excluding carboxylic acids is 3. The normalized spacial score (nSPS) is 23.4. The number of ketones is 1. The van der Waals surface area contributed by atoms with Crippen molar-refractivity contribution in [2.24, 2.45) is 0 Å². The van der Waals surface area contributed by atoms with Gasteiger partial charge in [0.2, 0.25) is 0 Å². The zero-order valence-corrected chi connectivity index (χ0v) is 22.6. The van der Waals surface area contributed by atoms with E-state index in [1.807, 2.05) is 12.1 Å². The van der Waals surface area contributed by atoms with E-state index in [1.54, 1.807) is 6.08 Å². The van der Waals surface area contributed by atoms with Crippen molar-refractivity contribution in [3.63, 3.8) is 0 Å². The number of rotatable bonds is 6. The first-order valence-electron chi connectivity index (χ1n) is 10.0. The van der Waals surface area contributed by atoms with Crippen molar-refractivity contribution in [2.45, 2.75) is 57.5 Å². The molecule has 3 heterocycles. The number of carbonyl (C=O) groups is 3. The van der Waals surface area contributed by atoms with Crippen LogP contribution in [0.3, 0.4) is 0 Å². The Balaban J connectivity index is 0.00000171. The Bertz CT molecular complexity index is 970. The van der Waals surface area contributed by atoms with E-state index in [0.717, 1.165) is 29.9 Å². The number of fused-ring (bicyclic) bond motifs is 4. The molecule has 0 fully saturated rings. The van der Waals surface area contributed by atoms with E-state index in [9.17, 15) is 19.5 Å². The Hall–Kier alpha value is -0.890. The Morgan fingerprint density at radius 2 is 2.06 bits per heavy atom. The van der Waals surface area contributed by atoms with Crippen LogP contribution in [-0.4, -0.2) is 30.4 Å². The number of ether oxygens (including phenoxy) is 1. The van der Waals surface area contributed by atoms with E-state index in [1.165, 1.54) is 5.56 Å². The van der Waals surface area contributed by atoms with Crippen molar-refractivity contribution in [3.05, 3.63) is 52.7 Å². The van der Waals surface area contributed by atoms with Crippen molar-refractivity contribution in [2.75, 3.05) is 11.4 Å². The number of hydrogen-bond acceptors (Lipinski definition) is 6. The zero-order valence-electron chi connectivity index (χ0n) is 18.6. The van der Waals surface area contributed by atoms with Gasteiger partial charge in [0.15, 0.2) is 5.78 Å². The number of hydrogen-bond donors (Lipinski definition) is 0. The van der Waals surface area contributed by atoms with Gasteiger partial charge in [-0.3, -0.25) is 4.79 Å². The third-order valence-corrected chi connectivity index (χ3v) is 6.32. The average molecular weight is 439 g/mol. The number of carboxylic acids is 1. The van der Waals surface area contributed by atoms with E-state index in [4.69, 9.17) is 4.74 Å². The summed E-state index contributed by atoms with van der Waals surface area (Å²) in [7, 11) is 0. The van der Waals surface area contributed by atoms with E-state index < -0.39 is 11.9 Å². The van der Waals surface area contributed by atoms with E-state index in [-0.39, 0.29) is 101 Å². The second-order valence-electron chi connectivity index (χ2n) is 7.97. The van der Waals surface area contributed by atoms with Gasteiger partial charge in [0, 0.05) is 36.6 Å². The Kier molecular flexibility index (Phi) is 8.81. The number of allylic oxidation sites excluding steroid dienone is 1. The second-order valence-corrected chi connectivity index (χ2v) is 7.97. The number of Topliss-reactive ketones (excluding diaryl/α,β-unsaturated/α-hetero) is 1. The summed E-state index contributed by atoms with van der Waals surface area (Å²) < 4.78 is 5.65. The van der Waals surface area contributed by atoms with Gasteiger partial charge in [-0.1, -0.05) is 26.0 Å². The topological polar surface area (TPSA) is 86.7 Å². The number of nitrogens with zero attached hydrogens (tertiary/aromatic N) is 1. The maximum atomic E-state index is 12.6. The molecule has 2 atom stereocenters. The molecular weight excluding hydrogens is 416 g/mol. The van der Waals surface area contributed by atoms with Crippen LogP contribution in [0.1, 0.15) is 51.5 Å². The largest absolute Gasteiger partial charge is 1.00 e. The molecule has 6 nitrogen and oxygen atoms in total. The molecule has 1 aromatic rings. The third-order valence-electron chi connectivity index (χ3n) is 6.32. The molecule has 0 spiro atoms. The number of esters is 1. The molecule has 152 valence electrons. The van der Waals surface area contributed by atoms with Crippen LogP contribution in [0.5, 0.6) is 0 Å².